The first-order chi connectivity index (χ1) is 5.04. The van der Waals surface area contributed by atoms with Crippen LogP contribution in [0.5, 0.6) is 0 Å². The molecule has 6 nitrogen and oxygen atoms in total. The number of hydrogen-bond acceptors (Lipinski definition) is 5. The summed E-state index contributed by atoms with van der Waals surface area (Å²) in [5.41, 5.74) is 4.44. The zero-order valence-electron chi connectivity index (χ0n) is 6.57. The van der Waals surface area contributed by atoms with E-state index in [0.29, 0.717) is 12.8 Å². The second kappa shape index (κ2) is 4.09. The van der Waals surface area contributed by atoms with Gasteiger partial charge in [-0.25, -0.2) is 0 Å². The molecular weight excluding hydrogens is 152 g/mol. The van der Waals surface area contributed by atoms with Crippen molar-refractivity contribution in [3.8, 4) is 0 Å². The number of nitrogens with two attached hydrogens (primary N) is 1. The van der Waals surface area contributed by atoms with Gasteiger partial charge < -0.3 is 5.73 Å². The molecule has 0 aromatic rings. The van der Waals surface area contributed by atoms with Crippen molar-refractivity contribution in [2.75, 3.05) is 0 Å². The Labute approximate surface area is 64.3 Å². The van der Waals surface area contributed by atoms with Gasteiger partial charge in [0, 0.05) is 0 Å². The van der Waals surface area contributed by atoms with Gasteiger partial charge in [0.05, 0.1) is 0 Å². The van der Waals surface area contributed by atoms with E-state index in [4.69, 9.17) is 5.73 Å². The molecule has 0 unspecified atom stereocenters. The fourth-order valence-electron chi connectivity index (χ4n) is 0.473. The highest BCUT2D eigenvalue weighted by Crippen LogP contribution is 2.12. The van der Waals surface area contributed by atoms with E-state index in [1.54, 1.807) is 13.8 Å². The van der Waals surface area contributed by atoms with Crippen LogP contribution in [0.1, 0.15) is 26.7 Å². The fourth-order valence-corrected chi connectivity index (χ4v) is 0.473. The molecule has 0 aliphatic heterocycles. The molecule has 0 spiro atoms. The molecule has 0 atom stereocenters. The quantitative estimate of drug-likeness (QED) is 0.278. The van der Waals surface area contributed by atoms with Crippen molar-refractivity contribution in [1.29, 1.82) is 0 Å². The van der Waals surface area contributed by atoms with Crippen molar-refractivity contribution >= 4 is 0 Å². The molecule has 6 heteroatoms. The molecule has 0 fully saturated rings. The third kappa shape index (κ3) is 3.74. The largest absolute Gasteiger partial charge is 0.322 e. The minimum Gasteiger partial charge on any atom is -0.301 e. The van der Waals surface area contributed by atoms with Gasteiger partial charge in [-0.3, -0.25) is 0 Å². The Hall–Kier alpha value is -0.880. The lowest BCUT2D eigenvalue weighted by atomic mass is 10.1. The van der Waals surface area contributed by atoms with Gasteiger partial charge in [-0.2, -0.15) is 4.89 Å². The summed E-state index contributed by atoms with van der Waals surface area (Å²) >= 11 is 0. The van der Waals surface area contributed by atoms with Crippen molar-refractivity contribution in [3.05, 3.63) is 10.1 Å². The van der Waals surface area contributed by atoms with E-state index in [1.165, 1.54) is 0 Å². The van der Waals surface area contributed by atoms with E-state index in [2.05, 4.69) is 9.88 Å². The minimum absolute atomic E-state index is 0.456. The molecule has 0 aromatic heterocycles. The van der Waals surface area contributed by atoms with E-state index in [0.717, 1.165) is 0 Å². The van der Waals surface area contributed by atoms with Crippen LogP contribution in [0.3, 0.4) is 0 Å². The molecule has 0 amide bonds. The first kappa shape index (κ1) is 10.1. The molecular formula is C5H12N2O4. The Bertz CT molecular complexity index is 134. The van der Waals surface area contributed by atoms with Gasteiger partial charge in [0.15, 0.2) is 5.72 Å². The van der Waals surface area contributed by atoms with Gasteiger partial charge in [0.2, 0.25) is 0 Å². The summed E-state index contributed by atoms with van der Waals surface area (Å²) in [5.74, 6) is 0. The number of nitrogens with zero attached hydrogens (tertiary/aromatic N) is 1. The summed E-state index contributed by atoms with van der Waals surface area (Å²) in [6.07, 6.45) is 0.911. The number of hydrogen-bond donors (Lipinski definition) is 1. The maximum absolute atomic E-state index is 9.68. The van der Waals surface area contributed by atoms with Gasteiger partial charge in [0.25, 0.3) is 0 Å². The van der Waals surface area contributed by atoms with Crippen LogP contribution < -0.4 is 5.73 Å². The average Bonchev–Trinajstić information content (AvgIpc) is 2.00. The average molecular weight is 164 g/mol. The third-order valence-corrected chi connectivity index (χ3v) is 1.46. The summed E-state index contributed by atoms with van der Waals surface area (Å²) in [5, 5.41) is 8.65. The topological polar surface area (TPSA) is 87.6 Å². The van der Waals surface area contributed by atoms with Gasteiger partial charge in [0.1, 0.15) is 0 Å². The molecule has 0 saturated heterocycles. The Morgan fingerprint density at radius 2 is 2.00 bits per heavy atom. The predicted octanol–water partition coefficient (Wildman–Crippen LogP) is 0.601. The Balaban J connectivity index is 3.78. The molecule has 0 saturated carbocycles. The predicted molar refractivity (Wildman–Crippen MR) is 36.7 cm³/mol. The Kier molecular flexibility index (Phi) is 3.77. The number of rotatable bonds is 5. The van der Waals surface area contributed by atoms with E-state index < -0.39 is 10.8 Å². The minimum atomic E-state index is -1.05. The van der Waals surface area contributed by atoms with Gasteiger partial charge in [-0.05, 0) is 12.8 Å². The van der Waals surface area contributed by atoms with Crippen molar-refractivity contribution in [3.63, 3.8) is 0 Å². The van der Waals surface area contributed by atoms with E-state index in [1.807, 2.05) is 0 Å². The highest BCUT2D eigenvalue weighted by atomic mass is 17.3. The molecule has 66 valence electrons. The lowest BCUT2D eigenvalue weighted by Crippen LogP contribution is -2.41. The molecule has 0 aromatic carbocycles. The maximum Gasteiger partial charge on any atom is 0.322 e. The molecule has 0 heterocycles. The Morgan fingerprint density at radius 1 is 1.55 bits per heavy atom. The normalized spacial score (nSPS) is 11.2. The molecule has 0 aliphatic carbocycles. The highest BCUT2D eigenvalue weighted by Gasteiger charge is 2.23. The van der Waals surface area contributed by atoms with Crippen molar-refractivity contribution in [1.82, 2.24) is 0 Å². The maximum atomic E-state index is 9.68. The van der Waals surface area contributed by atoms with Crippen LogP contribution >= 0.6 is 0 Å². The first-order valence-electron chi connectivity index (χ1n) is 3.33. The SMILES string of the molecule is CCC(N)(CC)OO[N+](=O)[O-]. The van der Waals surface area contributed by atoms with Crippen LogP contribution in [0.2, 0.25) is 0 Å². The summed E-state index contributed by atoms with van der Waals surface area (Å²) in [6.45, 7) is 3.51. The second-order valence-electron chi connectivity index (χ2n) is 2.15. The monoisotopic (exact) mass is 164 g/mol. The van der Waals surface area contributed by atoms with Crippen molar-refractivity contribution < 1.29 is 15.0 Å². The second-order valence-corrected chi connectivity index (χ2v) is 2.15. The van der Waals surface area contributed by atoms with Crippen LogP contribution in [-0.4, -0.2) is 10.8 Å². The van der Waals surface area contributed by atoms with Gasteiger partial charge in [-0.1, -0.05) is 13.8 Å². The zero-order chi connectivity index (χ0) is 8.91. The summed E-state index contributed by atoms with van der Waals surface area (Å²) in [4.78, 5) is 17.7. The lowest BCUT2D eigenvalue weighted by molar-refractivity contribution is -0.860. The van der Waals surface area contributed by atoms with Crippen molar-refractivity contribution in [2.24, 2.45) is 5.73 Å². The van der Waals surface area contributed by atoms with Crippen LogP contribution in [0.4, 0.5) is 0 Å². The molecule has 2 N–H and O–H groups in total. The lowest BCUT2D eigenvalue weighted by Gasteiger charge is -2.22. The fraction of sp³-hybridized carbons (Fsp3) is 1.00. The van der Waals surface area contributed by atoms with Crippen LogP contribution in [0.15, 0.2) is 0 Å². The first-order valence-corrected chi connectivity index (χ1v) is 3.33. The molecule has 0 bridgehead atoms. The van der Waals surface area contributed by atoms with Crippen LogP contribution in [-0.2, 0) is 9.88 Å². The van der Waals surface area contributed by atoms with E-state index in [9.17, 15) is 10.1 Å². The summed E-state index contributed by atoms with van der Waals surface area (Å²) in [6, 6.07) is 0. The third-order valence-electron chi connectivity index (χ3n) is 1.46. The summed E-state index contributed by atoms with van der Waals surface area (Å²) < 4.78 is 0. The van der Waals surface area contributed by atoms with E-state index >= 15 is 0 Å². The smallest absolute Gasteiger partial charge is 0.301 e. The molecule has 0 rings (SSSR count). The highest BCUT2D eigenvalue weighted by molar-refractivity contribution is 4.65. The van der Waals surface area contributed by atoms with E-state index in [-0.39, 0.29) is 0 Å². The Morgan fingerprint density at radius 3 is 2.27 bits per heavy atom. The standard InChI is InChI=1S/C5H12N2O4/c1-3-5(6,4-2)10-11-7(8)9/h3-4,6H2,1-2H3. The molecule has 11 heavy (non-hydrogen) atoms. The summed E-state index contributed by atoms with van der Waals surface area (Å²) in [7, 11) is 0. The molecule has 0 aliphatic rings. The van der Waals surface area contributed by atoms with Crippen molar-refractivity contribution in [2.45, 2.75) is 32.4 Å². The van der Waals surface area contributed by atoms with Crippen LogP contribution in [0.25, 0.3) is 0 Å². The van der Waals surface area contributed by atoms with Crippen LogP contribution in [0, 0.1) is 10.1 Å². The molecule has 0 radical (unpaired) electrons. The van der Waals surface area contributed by atoms with Gasteiger partial charge >= 0.3 is 5.09 Å². The zero-order valence-corrected chi connectivity index (χ0v) is 6.57. The van der Waals surface area contributed by atoms with Gasteiger partial charge in [-0.15, -0.1) is 15.1 Å².